The van der Waals surface area contributed by atoms with Crippen molar-refractivity contribution < 1.29 is 8.42 Å². The summed E-state index contributed by atoms with van der Waals surface area (Å²) in [6, 6.07) is 0. The van der Waals surface area contributed by atoms with Crippen LogP contribution in [-0.2, 0) is 11.6 Å². The SMILES string of the molecule is CC(Cl)Cl.ClCCCl.O=S=O. The second-order valence-corrected chi connectivity index (χ2v) is 3.39. The lowest BCUT2D eigenvalue weighted by Crippen LogP contribution is -1.63. The molecule has 0 aliphatic rings. The van der Waals surface area contributed by atoms with Crippen molar-refractivity contribution in [3.8, 4) is 0 Å². The molecule has 0 aliphatic heterocycles. The Kier molecular flexibility index (Phi) is 36.5. The minimum absolute atomic E-state index is 0.222. The maximum atomic E-state index is 8.29. The Morgan fingerprint density at radius 3 is 1.27 bits per heavy atom. The number of hydrogen-bond acceptors (Lipinski definition) is 2. The first-order valence-corrected chi connectivity index (χ1v) is 4.99. The Labute approximate surface area is 89.7 Å². The van der Waals surface area contributed by atoms with Crippen molar-refractivity contribution in [1.29, 1.82) is 0 Å². The lowest BCUT2D eigenvalue weighted by Gasteiger charge is -1.72. The van der Waals surface area contributed by atoms with E-state index in [9.17, 15) is 0 Å². The molecule has 0 unspecified atom stereocenters. The molecule has 11 heavy (non-hydrogen) atoms. The summed E-state index contributed by atoms with van der Waals surface area (Å²) in [5.74, 6) is 1.11. The van der Waals surface area contributed by atoms with E-state index < -0.39 is 11.6 Å². The van der Waals surface area contributed by atoms with Crippen LogP contribution < -0.4 is 0 Å². The Morgan fingerprint density at radius 1 is 1.18 bits per heavy atom. The summed E-state index contributed by atoms with van der Waals surface area (Å²) < 4.78 is 16.6. The van der Waals surface area contributed by atoms with Crippen molar-refractivity contribution in [2.45, 2.75) is 11.8 Å². The Hall–Kier alpha value is 0.980. The summed E-state index contributed by atoms with van der Waals surface area (Å²) in [7, 11) is 0. The molecule has 0 saturated carbocycles. The van der Waals surface area contributed by atoms with Crippen LogP contribution in [0.1, 0.15) is 6.92 Å². The summed E-state index contributed by atoms with van der Waals surface area (Å²) in [6.45, 7) is 1.70. The van der Waals surface area contributed by atoms with Crippen LogP contribution >= 0.6 is 46.4 Å². The highest BCUT2D eigenvalue weighted by atomic mass is 35.5. The summed E-state index contributed by atoms with van der Waals surface area (Å²) in [5, 5.41) is 0. The third-order valence-corrected chi connectivity index (χ3v) is 0.643. The van der Waals surface area contributed by atoms with E-state index in [0.29, 0.717) is 11.8 Å². The lowest BCUT2D eigenvalue weighted by atomic mass is 11.0. The van der Waals surface area contributed by atoms with Crippen LogP contribution in [0.4, 0.5) is 0 Å². The predicted octanol–water partition coefficient (Wildman–Crippen LogP) is 2.60. The van der Waals surface area contributed by atoms with Gasteiger partial charge in [0, 0.05) is 11.8 Å². The predicted molar refractivity (Wildman–Crippen MR) is 51.5 cm³/mol. The quantitative estimate of drug-likeness (QED) is 0.680. The minimum Gasteiger partial charge on any atom is -0.168 e. The van der Waals surface area contributed by atoms with Crippen LogP contribution in [0.5, 0.6) is 0 Å². The number of rotatable bonds is 1. The third kappa shape index (κ3) is 226. The smallest absolute Gasteiger partial charge is 0.168 e. The minimum atomic E-state index is -0.750. The molecule has 0 bridgehead atoms. The van der Waals surface area contributed by atoms with Crippen LogP contribution in [0, 0.1) is 0 Å². The largest absolute Gasteiger partial charge is 0.335 e. The van der Waals surface area contributed by atoms with Crippen LogP contribution in [-0.4, -0.2) is 25.0 Å². The molecule has 70 valence electrons. The molecule has 0 aromatic carbocycles. The van der Waals surface area contributed by atoms with E-state index in [2.05, 4.69) is 0 Å². The average Bonchev–Trinajstić information content (AvgIpc) is 1.88. The van der Waals surface area contributed by atoms with Crippen molar-refractivity contribution in [2.75, 3.05) is 11.8 Å². The molecule has 7 heteroatoms. The van der Waals surface area contributed by atoms with Crippen molar-refractivity contribution in [2.24, 2.45) is 0 Å². The zero-order valence-corrected chi connectivity index (χ0v) is 9.57. The van der Waals surface area contributed by atoms with E-state index in [0.717, 1.165) is 0 Å². The van der Waals surface area contributed by atoms with Gasteiger partial charge in [-0.1, -0.05) is 0 Å². The zero-order valence-electron chi connectivity index (χ0n) is 5.73. The van der Waals surface area contributed by atoms with E-state index in [-0.39, 0.29) is 4.84 Å². The van der Waals surface area contributed by atoms with Crippen molar-refractivity contribution >= 4 is 58.0 Å². The van der Waals surface area contributed by atoms with Crippen molar-refractivity contribution in [3.63, 3.8) is 0 Å². The van der Waals surface area contributed by atoms with Gasteiger partial charge in [0.05, 0.1) is 0 Å². The Morgan fingerprint density at radius 2 is 1.27 bits per heavy atom. The van der Waals surface area contributed by atoms with Gasteiger partial charge >= 0.3 is 11.6 Å². The van der Waals surface area contributed by atoms with Gasteiger partial charge in [-0.05, 0) is 6.92 Å². The van der Waals surface area contributed by atoms with Gasteiger partial charge in [-0.15, -0.1) is 46.4 Å². The van der Waals surface area contributed by atoms with Crippen LogP contribution in [0.2, 0.25) is 0 Å². The molecule has 0 spiro atoms. The summed E-state index contributed by atoms with van der Waals surface area (Å²) in [6.07, 6.45) is 0. The number of hydrogen-bond donors (Lipinski definition) is 0. The summed E-state index contributed by atoms with van der Waals surface area (Å²) in [4.78, 5) is -0.222. The van der Waals surface area contributed by atoms with Gasteiger partial charge < -0.3 is 0 Å². The molecule has 0 aliphatic carbocycles. The first-order valence-electron chi connectivity index (χ1n) is 2.38. The maximum absolute atomic E-state index is 8.29. The molecule has 0 heterocycles. The molecular weight excluding hydrogens is 254 g/mol. The van der Waals surface area contributed by atoms with Gasteiger partial charge in [-0.2, -0.15) is 8.42 Å². The first-order chi connectivity index (χ1) is 5.06. The van der Waals surface area contributed by atoms with Crippen LogP contribution in [0.3, 0.4) is 0 Å². The van der Waals surface area contributed by atoms with Gasteiger partial charge in [0.15, 0.2) is 0 Å². The fraction of sp³-hybridized carbons (Fsp3) is 1.00. The normalized spacial score (nSPS) is 7.09. The monoisotopic (exact) mass is 260 g/mol. The molecule has 0 aromatic heterocycles. The third-order valence-electron chi connectivity index (χ3n) is 0.0714. The van der Waals surface area contributed by atoms with E-state index in [1.54, 1.807) is 6.92 Å². The van der Waals surface area contributed by atoms with E-state index in [1.165, 1.54) is 0 Å². The van der Waals surface area contributed by atoms with Gasteiger partial charge in [-0.3, -0.25) is 0 Å². The second kappa shape index (κ2) is 22.4. The van der Waals surface area contributed by atoms with Gasteiger partial charge in [-0.25, -0.2) is 0 Å². The van der Waals surface area contributed by atoms with Gasteiger partial charge in [0.1, 0.15) is 4.84 Å². The van der Waals surface area contributed by atoms with Crippen molar-refractivity contribution in [3.05, 3.63) is 0 Å². The topological polar surface area (TPSA) is 34.1 Å². The second-order valence-electron chi connectivity index (χ2n) is 0.965. The fourth-order valence-corrected chi connectivity index (χ4v) is 0. The van der Waals surface area contributed by atoms with E-state index >= 15 is 0 Å². The summed E-state index contributed by atoms with van der Waals surface area (Å²) >= 11 is 19.4. The number of halogens is 4. The average molecular weight is 262 g/mol. The standard InChI is InChI=1S/2C2H4Cl2.O2S/c1-2(3)4;3-1-2-4;1-3-2/h2H,1H3;1-2H2;. The van der Waals surface area contributed by atoms with Crippen molar-refractivity contribution in [1.82, 2.24) is 0 Å². The highest BCUT2D eigenvalue weighted by molar-refractivity contribution is 7.51. The molecule has 0 N–H and O–H groups in total. The summed E-state index contributed by atoms with van der Waals surface area (Å²) in [5.41, 5.74) is 0. The highest BCUT2D eigenvalue weighted by Gasteiger charge is 1.75. The highest BCUT2D eigenvalue weighted by Crippen LogP contribution is 1.95. The molecule has 0 radical (unpaired) electrons. The molecule has 0 rings (SSSR count). The molecule has 0 amide bonds. The van der Waals surface area contributed by atoms with Gasteiger partial charge in [0.25, 0.3) is 0 Å². The molecule has 0 fully saturated rings. The molecule has 0 atom stereocenters. The Bertz CT molecular complexity index is 79.4. The van der Waals surface area contributed by atoms with Crippen LogP contribution in [0.15, 0.2) is 0 Å². The maximum Gasteiger partial charge on any atom is 0.335 e. The molecular formula is C4H8Cl4O2S. The Balaban J connectivity index is -0.0000000886. The van der Waals surface area contributed by atoms with Gasteiger partial charge in [0.2, 0.25) is 0 Å². The first kappa shape index (κ1) is 17.9. The lowest BCUT2D eigenvalue weighted by molar-refractivity contribution is 0.630. The van der Waals surface area contributed by atoms with E-state index in [1.807, 2.05) is 0 Å². The fourth-order valence-electron chi connectivity index (χ4n) is 0. The molecule has 2 nitrogen and oxygen atoms in total. The molecule has 0 aromatic rings. The van der Waals surface area contributed by atoms with E-state index in [4.69, 9.17) is 54.8 Å². The molecule has 0 saturated heterocycles. The zero-order chi connectivity index (χ0) is 9.70. The van der Waals surface area contributed by atoms with Crippen LogP contribution in [0.25, 0.3) is 0 Å². The number of alkyl halides is 4.